The Morgan fingerprint density at radius 2 is 2.18 bits per heavy atom. The van der Waals surface area contributed by atoms with E-state index in [-0.39, 0.29) is 5.91 Å². The highest BCUT2D eigenvalue weighted by molar-refractivity contribution is 5.72. The summed E-state index contributed by atoms with van der Waals surface area (Å²) in [6.45, 7) is 4.49. The number of allylic oxidation sites excluding steroid dienone is 5. The summed E-state index contributed by atoms with van der Waals surface area (Å²) in [7, 11) is 0. The van der Waals surface area contributed by atoms with Gasteiger partial charge in [0.05, 0.1) is 0 Å². The maximum absolute atomic E-state index is 10.9. The molecule has 0 saturated heterocycles. The molecule has 0 aromatic rings. The van der Waals surface area contributed by atoms with E-state index in [9.17, 15) is 4.79 Å². The molecule has 0 spiro atoms. The highest BCUT2D eigenvalue weighted by Crippen LogP contribution is 2.19. The standard InChI is InChI=1S/C14H22N2O/c1-3-7-13(9-11-15-12(2)17)14-8-5-4-6-10-16-14/h4-6,8,10,13,16H,3,7,9,11H2,1-2H3,(H,15,17). The van der Waals surface area contributed by atoms with E-state index in [0.717, 1.165) is 25.8 Å². The molecule has 1 rings (SSSR count). The molecule has 0 aromatic carbocycles. The Hall–Kier alpha value is -1.51. The Kier molecular flexibility index (Phi) is 6.15. The molecule has 0 aliphatic carbocycles. The van der Waals surface area contributed by atoms with Crippen molar-refractivity contribution in [2.45, 2.75) is 33.1 Å². The van der Waals surface area contributed by atoms with Gasteiger partial charge in [0.1, 0.15) is 0 Å². The zero-order valence-electron chi connectivity index (χ0n) is 10.7. The van der Waals surface area contributed by atoms with Crippen molar-refractivity contribution in [1.29, 1.82) is 0 Å². The van der Waals surface area contributed by atoms with Gasteiger partial charge < -0.3 is 10.6 Å². The first kappa shape index (κ1) is 13.6. The van der Waals surface area contributed by atoms with Gasteiger partial charge in [-0.15, -0.1) is 0 Å². The Bertz CT molecular complexity index is 329. The SMILES string of the molecule is CCCC(CCNC(C)=O)C1=CC=CC=CN1. The summed E-state index contributed by atoms with van der Waals surface area (Å²) >= 11 is 0. The summed E-state index contributed by atoms with van der Waals surface area (Å²) in [6.07, 6.45) is 13.4. The smallest absolute Gasteiger partial charge is 0.216 e. The van der Waals surface area contributed by atoms with Crippen LogP contribution in [0.3, 0.4) is 0 Å². The van der Waals surface area contributed by atoms with Crippen molar-refractivity contribution in [3.05, 3.63) is 36.2 Å². The van der Waals surface area contributed by atoms with Crippen molar-refractivity contribution in [2.24, 2.45) is 5.92 Å². The summed E-state index contributed by atoms with van der Waals surface area (Å²) in [4.78, 5) is 10.9. The predicted octanol–water partition coefficient (Wildman–Crippen LogP) is 2.49. The number of hydrogen-bond donors (Lipinski definition) is 2. The van der Waals surface area contributed by atoms with Crippen LogP contribution in [0.5, 0.6) is 0 Å². The van der Waals surface area contributed by atoms with Crippen LogP contribution in [0.2, 0.25) is 0 Å². The van der Waals surface area contributed by atoms with Crippen LogP contribution in [0.4, 0.5) is 0 Å². The molecule has 0 fully saturated rings. The van der Waals surface area contributed by atoms with Gasteiger partial charge in [0.15, 0.2) is 0 Å². The Balaban J connectivity index is 2.52. The van der Waals surface area contributed by atoms with Crippen molar-refractivity contribution < 1.29 is 4.79 Å². The van der Waals surface area contributed by atoms with Crippen LogP contribution in [-0.2, 0) is 4.79 Å². The van der Waals surface area contributed by atoms with E-state index >= 15 is 0 Å². The van der Waals surface area contributed by atoms with Gasteiger partial charge in [0.2, 0.25) is 5.91 Å². The first-order valence-corrected chi connectivity index (χ1v) is 6.28. The third kappa shape index (κ3) is 5.38. The van der Waals surface area contributed by atoms with Crippen molar-refractivity contribution >= 4 is 5.91 Å². The van der Waals surface area contributed by atoms with Crippen molar-refractivity contribution in [2.75, 3.05) is 6.54 Å². The van der Waals surface area contributed by atoms with E-state index in [4.69, 9.17) is 0 Å². The largest absolute Gasteiger partial charge is 0.365 e. The lowest BCUT2D eigenvalue weighted by Crippen LogP contribution is -2.25. The molecular weight excluding hydrogens is 212 g/mol. The zero-order chi connectivity index (χ0) is 12.5. The highest BCUT2D eigenvalue weighted by atomic mass is 16.1. The Morgan fingerprint density at radius 1 is 1.35 bits per heavy atom. The van der Waals surface area contributed by atoms with Crippen molar-refractivity contribution in [3.63, 3.8) is 0 Å². The Morgan fingerprint density at radius 3 is 2.88 bits per heavy atom. The molecule has 3 heteroatoms. The molecule has 17 heavy (non-hydrogen) atoms. The maximum Gasteiger partial charge on any atom is 0.216 e. The third-order valence-corrected chi connectivity index (χ3v) is 2.79. The third-order valence-electron chi connectivity index (χ3n) is 2.79. The second kappa shape index (κ2) is 7.71. The summed E-state index contributed by atoms with van der Waals surface area (Å²) in [6, 6.07) is 0. The summed E-state index contributed by atoms with van der Waals surface area (Å²) in [5, 5.41) is 6.17. The summed E-state index contributed by atoms with van der Waals surface area (Å²) in [5.41, 5.74) is 1.24. The highest BCUT2D eigenvalue weighted by Gasteiger charge is 2.12. The van der Waals surface area contributed by atoms with E-state index < -0.39 is 0 Å². The van der Waals surface area contributed by atoms with Crippen LogP contribution in [0.25, 0.3) is 0 Å². The molecular formula is C14H22N2O. The molecule has 94 valence electrons. The molecule has 0 aromatic heterocycles. The van der Waals surface area contributed by atoms with Crippen LogP contribution in [0.1, 0.15) is 33.1 Å². The number of amides is 1. The molecule has 0 radical (unpaired) electrons. The fourth-order valence-corrected chi connectivity index (χ4v) is 1.95. The minimum atomic E-state index is 0.0443. The quantitative estimate of drug-likeness (QED) is 0.741. The van der Waals surface area contributed by atoms with Crippen LogP contribution in [0.15, 0.2) is 36.2 Å². The van der Waals surface area contributed by atoms with Gasteiger partial charge in [-0.3, -0.25) is 4.79 Å². The molecule has 1 atom stereocenters. The van der Waals surface area contributed by atoms with Crippen molar-refractivity contribution in [1.82, 2.24) is 10.6 Å². The van der Waals surface area contributed by atoms with Gasteiger partial charge in [-0.05, 0) is 25.0 Å². The number of carbonyl (C=O) groups is 1. The lowest BCUT2D eigenvalue weighted by Gasteiger charge is -2.19. The number of carbonyl (C=O) groups excluding carboxylic acids is 1. The average molecular weight is 234 g/mol. The van der Waals surface area contributed by atoms with Crippen LogP contribution in [0, 0.1) is 5.92 Å². The lowest BCUT2D eigenvalue weighted by atomic mass is 9.95. The first-order chi connectivity index (χ1) is 8.24. The fraction of sp³-hybridized carbons (Fsp3) is 0.500. The number of nitrogens with one attached hydrogen (secondary N) is 2. The minimum absolute atomic E-state index is 0.0443. The van der Waals surface area contributed by atoms with E-state index in [2.05, 4.69) is 23.6 Å². The number of rotatable bonds is 6. The van der Waals surface area contributed by atoms with Gasteiger partial charge >= 0.3 is 0 Å². The molecule has 1 unspecified atom stereocenters. The van der Waals surface area contributed by atoms with Gasteiger partial charge in [-0.25, -0.2) is 0 Å². The Labute approximate surface area is 104 Å². The van der Waals surface area contributed by atoms with E-state index in [0.29, 0.717) is 5.92 Å². The van der Waals surface area contributed by atoms with E-state index in [1.807, 2.05) is 24.4 Å². The fourth-order valence-electron chi connectivity index (χ4n) is 1.95. The zero-order valence-corrected chi connectivity index (χ0v) is 10.7. The van der Waals surface area contributed by atoms with E-state index in [1.165, 1.54) is 5.70 Å². The molecule has 0 bridgehead atoms. The minimum Gasteiger partial charge on any atom is -0.365 e. The predicted molar refractivity (Wildman–Crippen MR) is 71.2 cm³/mol. The topological polar surface area (TPSA) is 41.1 Å². The summed E-state index contributed by atoms with van der Waals surface area (Å²) < 4.78 is 0. The normalized spacial score (nSPS) is 15.8. The van der Waals surface area contributed by atoms with Crippen molar-refractivity contribution in [3.8, 4) is 0 Å². The van der Waals surface area contributed by atoms with Crippen LogP contribution >= 0.6 is 0 Å². The van der Waals surface area contributed by atoms with E-state index in [1.54, 1.807) is 6.92 Å². The first-order valence-electron chi connectivity index (χ1n) is 6.28. The second-order valence-electron chi connectivity index (χ2n) is 4.27. The van der Waals surface area contributed by atoms with Crippen LogP contribution < -0.4 is 10.6 Å². The number of hydrogen-bond acceptors (Lipinski definition) is 2. The van der Waals surface area contributed by atoms with Gasteiger partial charge in [0, 0.05) is 31.3 Å². The van der Waals surface area contributed by atoms with Crippen LogP contribution in [-0.4, -0.2) is 12.5 Å². The molecule has 1 aliphatic heterocycles. The lowest BCUT2D eigenvalue weighted by molar-refractivity contribution is -0.118. The molecule has 1 heterocycles. The monoisotopic (exact) mass is 234 g/mol. The molecule has 1 aliphatic rings. The van der Waals surface area contributed by atoms with Gasteiger partial charge in [0.25, 0.3) is 0 Å². The average Bonchev–Trinajstić information content (AvgIpc) is 2.56. The summed E-state index contributed by atoms with van der Waals surface area (Å²) in [5.74, 6) is 0.530. The van der Waals surface area contributed by atoms with Gasteiger partial charge in [-0.1, -0.05) is 25.5 Å². The molecule has 1 amide bonds. The second-order valence-corrected chi connectivity index (χ2v) is 4.27. The van der Waals surface area contributed by atoms with Gasteiger partial charge in [-0.2, -0.15) is 0 Å². The molecule has 0 saturated carbocycles. The molecule has 3 nitrogen and oxygen atoms in total. The maximum atomic E-state index is 10.9. The molecule has 2 N–H and O–H groups in total.